The molecule has 1 amide bonds. The van der Waals surface area contributed by atoms with Crippen molar-refractivity contribution in [3.05, 3.63) is 89.0 Å². The molecule has 2 N–H and O–H groups in total. The van der Waals surface area contributed by atoms with Gasteiger partial charge in [-0.25, -0.2) is 9.37 Å². The van der Waals surface area contributed by atoms with Crippen molar-refractivity contribution in [2.24, 2.45) is 0 Å². The SMILES string of the molecule is O=C(NCc1ccccc1Cl)c1cc2occc2c(Nc2ccc(F)cc2)n1. The third-order valence-electron chi connectivity index (χ3n) is 4.19. The van der Waals surface area contributed by atoms with Crippen LogP contribution in [0.25, 0.3) is 11.0 Å². The number of carbonyl (C=O) groups is 1. The molecule has 2 aromatic heterocycles. The summed E-state index contributed by atoms with van der Waals surface area (Å²) in [5.41, 5.74) is 2.16. The van der Waals surface area contributed by atoms with Gasteiger partial charge >= 0.3 is 0 Å². The van der Waals surface area contributed by atoms with E-state index >= 15 is 0 Å². The summed E-state index contributed by atoms with van der Waals surface area (Å²) >= 11 is 6.13. The van der Waals surface area contributed by atoms with E-state index in [9.17, 15) is 9.18 Å². The van der Waals surface area contributed by atoms with Crippen molar-refractivity contribution in [1.29, 1.82) is 0 Å². The second kappa shape index (κ2) is 7.70. The highest BCUT2D eigenvalue weighted by atomic mass is 35.5. The maximum atomic E-state index is 13.1. The lowest BCUT2D eigenvalue weighted by molar-refractivity contribution is 0.0946. The molecule has 0 saturated carbocycles. The Labute approximate surface area is 165 Å². The molecule has 0 aliphatic heterocycles. The summed E-state index contributed by atoms with van der Waals surface area (Å²) in [6.07, 6.45) is 1.52. The molecule has 140 valence electrons. The maximum absolute atomic E-state index is 13.1. The Hall–Kier alpha value is -3.38. The van der Waals surface area contributed by atoms with Gasteiger partial charge in [0.15, 0.2) is 0 Å². The Balaban J connectivity index is 1.59. The zero-order chi connectivity index (χ0) is 19.5. The molecule has 5 nitrogen and oxygen atoms in total. The van der Waals surface area contributed by atoms with Crippen molar-refractivity contribution in [1.82, 2.24) is 10.3 Å². The molecule has 0 aliphatic rings. The zero-order valence-corrected chi connectivity index (χ0v) is 15.3. The first kappa shape index (κ1) is 18.0. The molecule has 7 heteroatoms. The molecule has 2 heterocycles. The van der Waals surface area contributed by atoms with E-state index in [0.29, 0.717) is 27.5 Å². The molecule has 28 heavy (non-hydrogen) atoms. The third kappa shape index (κ3) is 3.82. The van der Waals surface area contributed by atoms with Crippen LogP contribution in [0.1, 0.15) is 16.1 Å². The summed E-state index contributed by atoms with van der Waals surface area (Å²) in [5, 5.41) is 7.20. The fourth-order valence-electron chi connectivity index (χ4n) is 2.75. The number of anilines is 2. The second-order valence-electron chi connectivity index (χ2n) is 6.09. The van der Waals surface area contributed by atoms with Gasteiger partial charge in [-0.2, -0.15) is 0 Å². The van der Waals surface area contributed by atoms with Crippen molar-refractivity contribution in [2.45, 2.75) is 6.54 Å². The molecule has 0 bridgehead atoms. The lowest BCUT2D eigenvalue weighted by atomic mass is 10.2. The second-order valence-corrected chi connectivity index (χ2v) is 6.50. The monoisotopic (exact) mass is 395 g/mol. The molecule has 4 rings (SSSR count). The van der Waals surface area contributed by atoms with Crippen molar-refractivity contribution >= 4 is 40.0 Å². The number of hydrogen-bond donors (Lipinski definition) is 2. The van der Waals surface area contributed by atoms with Gasteiger partial charge in [0.2, 0.25) is 0 Å². The Morgan fingerprint density at radius 1 is 1.11 bits per heavy atom. The van der Waals surface area contributed by atoms with E-state index in [1.807, 2.05) is 18.2 Å². The lowest BCUT2D eigenvalue weighted by Crippen LogP contribution is -2.24. The largest absolute Gasteiger partial charge is 0.464 e. The minimum absolute atomic E-state index is 0.194. The molecular formula is C21H15ClFN3O2. The average Bonchev–Trinajstić information content (AvgIpc) is 3.18. The number of nitrogens with zero attached hydrogens (tertiary/aromatic N) is 1. The number of carbonyl (C=O) groups excluding carboxylic acids is 1. The van der Waals surface area contributed by atoms with E-state index in [0.717, 1.165) is 5.56 Å². The Morgan fingerprint density at radius 3 is 2.68 bits per heavy atom. The fourth-order valence-corrected chi connectivity index (χ4v) is 2.96. The van der Waals surface area contributed by atoms with Crippen LogP contribution in [0.4, 0.5) is 15.9 Å². The van der Waals surface area contributed by atoms with E-state index in [1.54, 1.807) is 30.3 Å². The number of nitrogens with one attached hydrogen (secondary N) is 2. The Morgan fingerprint density at radius 2 is 1.89 bits per heavy atom. The molecule has 0 saturated heterocycles. The van der Waals surface area contributed by atoms with Crippen LogP contribution in [-0.2, 0) is 6.54 Å². The summed E-state index contributed by atoms with van der Waals surface area (Å²) in [4.78, 5) is 17.0. The van der Waals surface area contributed by atoms with Gasteiger partial charge in [0.25, 0.3) is 5.91 Å². The minimum atomic E-state index is -0.361. The zero-order valence-electron chi connectivity index (χ0n) is 14.6. The van der Waals surface area contributed by atoms with Crippen molar-refractivity contribution in [2.75, 3.05) is 5.32 Å². The van der Waals surface area contributed by atoms with E-state index in [1.165, 1.54) is 18.4 Å². The standard InChI is InChI=1S/C21H15ClFN3O2/c22-17-4-2-1-3-13(17)12-24-21(27)18-11-19-16(9-10-28-19)20(26-18)25-15-7-5-14(23)6-8-15/h1-11H,12H2,(H,24,27)(H,25,26). The van der Waals surface area contributed by atoms with Crippen molar-refractivity contribution in [3.63, 3.8) is 0 Å². The number of furan rings is 1. The molecular weight excluding hydrogens is 381 g/mol. The quantitative estimate of drug-likeness (QED) is 0.481. The van der Waals surface area contributed by atoms with Crippen LogP contribution in [-0.4, -0.2) is 10.9 Å². The highest BCUT2D eigenvalue weighted by Gasteiger charge is 2.15. The highest BCUT2D eigenvalue weighted by Crippen LogP contribution is 2.27. The van der Waals surface area contributed by atoms with Crippen LogP contribution in [0.15, 0.2) is 71.3 Å². The van der Waals surface area contributed by atoms with E-state index < -0.39 is 0 Å². The highest BCUT2D eigenvalue weighted by molar-refractivity contribution is 6.31. The first-order chi connectivity index (χ1) is 13.6. The number of hydrogen-bond acceptors (Lipinski definition) is 4. The number of benzene rings is 2. The molecule has 0 spiro atoms. The first-order valence-electron chi connectivity index (χ1n) is 8.52. The summed E-state index contributed by atoms with van der Waals surface area (Å²) in [6.45, 7) is 0.275. The Bertz CT molecular complexity index is 1140. The van der Waals surface area contributed by atoms with Crippen molar-refractivity contribution < 1.29 is 13.6 Å². The summed E-state index contributed by atoms with van der Waals surface area (Å²) in [7, 11) is 0. The van der Waals surface area contributed by atoms with Crippen LogP contribution in [0.5, 0.6) is 0 Å². The van der Waals surface area contributed by atoms with Crippen LogP contribution in [0, 0.1) is 5.82 Å². The maximum Gasteiger partial charge on any atom is 0.270 e. The average molecular weight is 396 g/mol. The number of fused-ring (bicyclic) bond motifs is 1. The smallest absolute Gasteiger partial charge is 0.270 e. The van der Waals surface area contributed by atoms with Gasteiger partial charge in [0.05, 0.1) is 11.6 Å². The van der Waals surface area contributed by atoms with Gasteiger partial charge in [-0.05, 0) is 42.0 Å². The normalized spacial score (nSPS) is 10.8. The fraction of sp³-hybridized carbons (Fsp3) is 0.0476. The minimum Gasteiger partial charge on any atom is -0.464 e. The molecule has 0 fully saturated rings. The van der Waals surface area contributed by atoms with Gasteiger partial charge in [0.1, 0.15) is 22.9 Å². The molecule has 4 aromatic rings. The van der Waals surface area contributed by atoms with E-state index in [4.69, 9.17) is 16.0 Å². The summed E-state index contributed by atoms with van der Waals surface area (Å²) in [6, 6.07) is 16.5. The Kier molecular flexibility index (Phi) is 4.95. The molecule has 0 radical (unpaired) electrons. The summed E-state index contributed by atoms with van der Waals surface area (Å²) < 4.78 is 18.6. The number of rotatable bonds is 5. The molecule has 0 aliphatic carbocycles. The third-order valence-corrected chi connectivity index (χ3v) is 4.56. The van der Waals surface area contributed by atoms with Gasteiger partial charge in [-0.15, -0.1) is 0 Å². The number of amides is 1. The topological polar surface area (TPSA) is 67.2 Å². The predicted octanol–water partition coefficient (Wildman–Crippen LogP) is 5.29. The predicted molar refractivity (Wildman–Crippen MR) is 106 cm³/mol. The van der Waals surface area contributed by atoms with Gasteiger partial charge in [-0.3, -0.25) is 4.79 Å². The van der Waals surface area contributed by atoms with Crippen LogP contribution >= 0.6 is 11.6 Å². The van der Waals surface area contributed by atoms with Gasteiger partial charge < -0.3 is 15.1 Å². The number of halogens is 2. The number of aromatic nitrogens is 1. The lowest BCUT2D eigenvalue weighted by Gasteiger charge is -2.10. The van der Waals surface area contributed by atoms with Crippen LogP contribution < -0.4 is 10.6 Å². The van der Waals surface area contributed by atoms with E-state index in [2.05, 4.69) is 15.6 Å². The molecule has 2 aromatic carbocycles. The number of pyridine rings is 1. The first-order valence-corrected chi connectivity index (χ1v) is 8.90. The van der Waals surface area contributed by atoms with Crippen LogP contribution in [0.3, 0.4) is 0 Å². The van der Waals surface area contributed by atoms with Crippen molar-refractivity contribution in [3.8, 4) is 0 Å². The molecule has 0 unspecified atom stereocenters. The molecule has 0 atom stereocenters. The summed E-state index contributed by atoms with van der Waals surface area (Å²) in [5.74, 6) is -0.249. The van der Waals surface area contributed by atoms with Gasteiger partial charge in [-0.1, -0.05) is 29.8 Å². The van der Waals surface area contributed by atoms with E-state index in [-0.39, 0.29) is 24.0 Å². The van der Waals surface area contributed by atoms with Gasteiger partial charge in [0, 0.05) is 23.3 Å². The van der Waals surface area contributed by atoms with Crippen LogP contribution in [0.2, 0.25) is 5.02 Å².